The fourth-order valence-corrected chi connectivity index (χ4v) is 1.53. The smallest absolute Gasteiger partial charge is 0.216 e. The summed E-state index contributed by atoms with van der Waals surface area (Å²) in [7, 11) is 0. The van der Waals surface area contributed by atoms with E-state index in [4.69, 9.17) is 16.0 Å². The van der Waals surface area contributed by atoms with E-state index in [0.29, 0.717) is 10.9 Å². The minimum absolute atomic E-state index is 0.0337. The topological polar surface area (TPSA) is 51.0 Å². The van der Waals surface area contributed by atoms with Crippen molar-refractivity contribution in [3.05, 3.63) is 41.3 Å². The van der Waals surface area contributed by atoms with Gasteiger partial charge >= 0.3 is 0 Å². The molecule has 0 aliphatic rings. The van der Waals surface area contributed by atoms with Crippen LogP contribution in [-0.2, 0) is 0 Å². The van der Waals surface area contributed by atoms with Crippen molar-refractivity contribution >= 4 is 17.3 Å². The number of halogens is 1. The van der Waals surface area contributed by atoms with E-state index in [1.807, 2.05) is 19.9 Å². The standard InChI is InChI=1S/C11H12ClN3O/c1-7-5-14-11(16-7)8(2)15-10-3-4-13-6-9(10)12/h3-6,8H,1-2H3,(H,13,15). The lowest BCUT2D eigenvalue weighted by Gasteiger charge is -2.12. The monoisotopic (exact) mass is 237 g/mol. The number of nitrogens with zero attached hydrogens (tertiary/aromatic N) is 2. The van der Waals surface area contributed by atoms with Gasteiger partial charge in [-0.25, -0.2) is 4.98 Å². The van der Waals surface area contributed by atoms with Gasteiger partial charge in [0.25, 0.3) is 0 Å². The Balaban J connectivity index is 2.13. The second-order valence-electron chi connectivity index (χ2n) is 3.53. The summed E-state index contributed by atoms with van der Waals surface area (Å²) in [4.78, 5) is 8.07. The van der Waals surface area contributed by atoms with Crippen LogP contribution >= 0.6 is 11.6 Å². The molecule has 2 aromatic rings. The highest BCUT2D eigenvalue weighted by atomic mass is 35.5. The molecule has 1 N–H and O–H groups in total. The maximum Gasteiger partial charge on any atom is 0.216 e. The summed E-state index contributed by atoms with van der Waals surface area (Å²) in [6.45, 7) is 3.82. The molecular formula is C11H12ClN3O. The molecule has 0 aliphatic carbocycles. The van der Waals surface area contributed by atoms with Crippen molar-refractivity contribution < 1.29 is 4.42 Å². The Bertz CT molecular complexity index is 484. The summed E-state index contributed by atoms with van der Waals surface area (Å²) in [5.41, 5.74) is 0.819. The molecule has 0 fully saturated rings. The molecule has 16 heavy (non-hydrogen) atoms. The Hall–Kier alpha value is -1.55. The van der Waals surface area contributed by atoms with Crippen LogP contribution in [-0.4, -0.2) is 9.97 Å². The number of nitrogens with one attached hydrogen (secondary N) is 1. The van der Waals surface area contributed by atoms with E-state index in [0.717, 1.165) is 11.4 Å². The first-order valence-electron chi connectivity index (χ1n) is 4.95. The van der Waals surface area contributed by atoms with Crippen LogP contribution in [0.25, 0.3) is 0 Å². The van der Waals surface area contributed by atoms with Gasteiger partial charge in [0.2, 0.25) is 5.89 Å². The first-order chi connectivity index (χ1) is 7.66. The number of pyridine rings is 1. The van der Waals surface area contributed by atoms with E-state index in [9.17, 15) is 0 Å². The van der Waals surface area contributed by atoms with Crippen molar-refractivity contribution in [2.75, 3.05) is 5.32 Å². The van der Waals surface area contributed by atoms with Crippen LogP contribution in [0.2, 0.25) is 5.02 Å². The van der Waals surface area contributed by atoms with Crippen LogP contribution in [0.5, 0.6) is 0 Å². The first-order valence-corrected chi connectivity index (χ1v) is 5.33. The molecule has 0 spiro atoms. The molecule has 2 rings (SSSR count). The lowest BCUT2D eigenvalue weighted by molar-refractivity contribution is 0.453. The van der Waals surface area contributed by atoms with Gasteiger partial charge in [-0.2, -0.15) is 0 Å². The quantitative estimate of drug-likeness (QED) is 0.891. The molecule has 2 heterocycles. The summed E-state index contributed by atoms with van der Waals surface area (Å²) in [5, 5.41) is 3.79. The number of rotatable bonds is 3. The van der Waals surface area contributed by atoms with Gasteiger partial charge in [0.15, 0.2) is 0 Å². The Labute approximate surface area is 98.7 Å². The van der Waals surface area contributed by atoms with Crippen molar-refractivity contribution in [1.29, 1.82) is 0 Å². The highest BCUT2D eigenvalue weighted by Gasteiger charge is 2.12. The minimum atomic E-state index is -0.0337. The lowest BCUT2D eigenvalue weighted by atomic mass is 10.3. The summed E-state index contributed by atoms with van der Waals surface area (Å²) >= 11 is 5.98. The van der Waals surface area contributed by atoms with Gasteiger partial charge in [0, 0.05) is 12.4 Å². The van der Waals surface area contributed by atoms with Gasteiger partial charge in [-0.3, -0.25) is 4.98 Å². The second kappa shape index (κ2) is 4.53. The number of hydrogen-bond acceptors (Lipinski definition) is 4. The molecule has 0 aliphatic heterocycles. The second-order valence-corrected chi connectivity index (χ2v) is 3.94. The van der Waals surface area contributed by atoms with Crippen LogP contribution in [0.15, 0.2) is 29.1 Å². The third-order valence-corrected chi connectivity index (χ3v) is 2.46. The van der Waals surface area contributed by atoms with Crippen LogP contribution < -0.4 is 5.32 Å². The lowest BCUT2D eigenvalue weighted by Crippen LogP contribution is -2.07. The molecular weight excluding hydrogens is 226 g/mol. The Morgan fingerprint density at radius 1 is 1.44 bits per heavy atom. The third kappa shape index (κ3) is 2.33. The number of anilines is 1. The van der Waals surface area contributed by atoms with E-state index in [1.165, 1.54) is 0 Å². The maximum absolute atomic E-state index is 5.98. The van der Waals surface area contributed by atoms with Gasteiger partial charge in [-0.15, -0.1) is 0 Å². The average Bonchev–Trinajstić information content (AvgIpc) is 2.68. The fraction of sp³-hybridized carbons (Fsp3) is 0.273. The van der Waals surface area contributed by atoms with Crippen LogP contribution in [0.4, 0.5) is 5.69 Å². The van der Waals surface area contributed by atoms with Crippen molar-refractivity contribution in [3.63, 3.8) is 0 Å². The van der Waals surface area contributed by atoms with Crippen molar-refractivity contribution in [2.24, 2.45) is 0 Å². The fourth-order valence-electron chi connectivity index (χ4n) is 1.36. The Morgan fingerprint density at radius 3 is 2.88 bits per heavy atom. The largest absolute Gasteiger partial charge is 0.444 e. The Kier molecular flexibility index (Phi) is 3.10. The van der Waals surface area contributed by atoms with Crippen LogP contribution in [0.1, 0.15) is 24.6 Å². The van der Waals surface area contributed by atoms with Crippen molar-refractivity contribution in [1.82, 2.24) is 9.97 Å². The third-order valence-electron chi connectivity index (χ3n) is 2.15. The van der Waals surface area contributed by atoms with Gasteiger partial charge in [-0.1, -0.05) is 11.6 Å². The molecule has 4 nitrogen and oxygen atoms in total. The minimum Gasteiger partial charge on any atom is -0.444 e. The molecule has 5 heteroatoms. The summed E-state index contributed by atoms with van der Waals surface area (Å²) < 4.78 is 5.43. The van der Waals surface area contributed by atoms with E-state index in [-0.39, 0.29) is 6.04 Å². The van der Waals surface area contributed by atoms with E-state index < -0.39 is 0 Å². The molecule has 1 unspecified atom stereocenters. The van der Waals surface area contributed by atoms with Crippen LogP contribution in [0.3, 0.4) is 0 Å². The van der Waals surface area contributed by atoms with E-state index in [1.54, 1.807) is 18.6 Å². The zero-order valence-corrected chi connectivity index (χ0v) is 9.82. The molecule has 84 valence electrons. The molecule has 0 saturated carbocycles. The SMILES string of the molecule is Cc1cnc(C(C)Nc2ccncc2Cl)o1. The average molecular weight is 238 g/mol. The van der Waals surface area contributed by atoms with Crippen molar-refractivity contribution in [2.45, 2.75) is 19.9 Å². The predicted molar refractivity (Wildman–Crippen MR) is 62.5 cm³/mol. The van der Waals surface area contributed by atoms with Gasteiger partial charge in [0.1, 0.15) is 11.8 Å². The molecule has 0 radical (unpaired) electrons. The number of oxazole rings is 1. The highest BCUT2D eigenvalue weighted by molar-refractivity contribution is 6.33. The maximum atomic E-state index is 5.98. The number of hydrogen-bond donors (Lipinski definition) is 1. The predicted octanol–water partition coefficient (Wildman–Crippen LogP) is 3.20. The first kappa shape index (κ1) is 11.0. The molecule has 2 aromatic heterocycles. The van der Waals surface area contributed by atoms with Gasteiger partial charge in [0.05, 0.1) is 16.9 Å². The molecule has 0 bridgehead atoms. The van der Waals surface area contributed by atoms with Gasteiger partial charge < -0.3 is 9.73 Å². The molecule has 0 saturated heterocycles. The van der Waals surface area contributed by atoms with Gasteiger partial charge in [-0.05, 0) is 19.9 Å². The van der Waals surface area contributed by atoms with Crippen molar-refractivity contribution in [3.8, 4) is 0 Å². The summed E-state index contributed by atoms with van der Waals surface area (Å²) in [6.07, 6.45) is 4.97. The summed E-state index contributed by atoms with van der Waals surface area (Å²) in [5.74, 6) is 1.44. The van der Waals surface area contributed by atoms with Crippen LogP contribution in [0, 0.1) is 6.92 Å². The zero-order chi connectivity index (χ0) is 11.5. The number of aromatic nitrogens is 2. The van der Waals surface area contributed by atoms with E-state index >= 15 is 0 Å². The molecule has 1 atom stereocenters. The normalized spacial score (nSPS) is 12.4. The molecule has 0 aromatic carbocycles. The zero-order valence-electron chi connectivity index (χ0n) is 9.07. The number of aryl methyl sites for hydroxylation is 1. The highest BCUT2D eigenvalue weighted by Crippen LogP contribution is 2.24. The summed E-state index contributed by atoms with van der Waals surface area (Å²) in [6, 6.07) is 1.78. The van der Waals surface area contributed by atoms with E-state index in [2.05, 4.69) is 15.3 Å². The molecule has 0 amide bonds. The Morgan fingerprint density at radius 2 is 2.25 bits per heavy atom.